The van der Waals surface area contributed by atoms with Gasteiger partial charge in [0.05, 0.1) is 13.2 Å². The molecule has 8 heteroatoms. The molecule has 8 nitrogen and oxygen atoms in total. The minimum Gasteiger partial charge on any atom is -0.444 e. The Hall–Kier alpha value is -1.67. The third-order valence-corrected chi connectivity index (χ3v) is 5.07. The molecule has 1 unspecified atom stereocenters. The number of rotatable bonds is 2. The van der Waals surface area contributed by atoms with E-state index in [0.29, 0.717) is 37.5 Å². The van der Waals surface area contributed by atoms with E-state index >= 15 is 0 Å². The number of nitrogens with zero attached hydrogens (tertiary/aromatic N) is 4. The lowest BCUT2D eigenvalue weighted by Crippen LogP contribution is -2.46. The van der Waals surface area contributed by atoms with E-state index in [2.05, 4.69) is 29.0 Å². The Morgan fingerprint density at radius 1 is 1.31 bits per heavy atom. The zero-order chi connectivity index (χ0) is 18.9. The number of piperidine rings is 1. The van der Waals surface area contributed by atoms with Gasteiger partial charge >= 0.3 is 6.09 Å². The summed E-state index contributed by atoms with van der Waals surface area (Å²) in [5, 5.41) is 4.16. The van der Waals surface area contributed by atoms with Crippen LogP contribution >= 0.6 is 0 Å². The van der Waals surface area contributed by atoms with Gasteiger partial charge in [0.1, 0.15) is 11.6 Å². The fraction of sp³-hybridized carbons (Fsp3) is 0.833. The number of amides is 1. The number of aromatic nitrogens is 2. The Bertz CT molecular complexity index is 627. The summed E-state index contributed by atoms with van der Waals surface area (Å²) in [7, 11) is 2.14. The van der Waals surface area contributed by atoms with Gasteiger partial charge in [-0.3, -0.25) is 4.90 Å². The standard InChI is InChI=1S/C18H30N4O4/c1-12-10-13(6-7-21(12)5)16-19-15(20-26-16)14-11-24-9-8-22(14)17(23)25-18(2,3)4/h12-14H,6-11H2,1-5H3/t12-,13-,14?/m0/s1. The molecule has 1 aromatic heterocycles. The lowest BCUT2D eigenvalue weighted by atomic mass is 9.92. The second-order valence-electron chi connectivity index (χ2n) is 8.31. The van der Waals surface area contributed by atoms with Crippen LogP contribution in [0.3, 0.4) is 0 Å². The van der Waals surface area contributed by atoms with E-state index in [1.165, 1.54) is 0 Å². The maximum atomic E-state index is 12.5. The Morgan fingerprint density at radius 2 is 2.08 bits per heavy atom. The largest absolute Gasteiger partial charge is 0.444 e. The van der Waals surface area contributed by atoms with Crippen molar-refractivity contribution in [3.63, 3.8) is 0 Å². The molecule has 3 atom stereocenters. The molecule has 0 bridgehead atoms. The molecule has 0 N–H and O–H groups in total. The van der Waals surface area contributed by atoms with Crippen molar-refractivity contribution in [3.05, 3.63) is 11.7 Å². The smallest absolute Gasteiger partial charge is 0.411 e. The predicted molar refractivity (Wildman–Crippen MR) is 94.9 cm³/mol. The summed E-state index contributed by atoms with van der Waals surface area (Å²) in [5.74, 6) is 1.42. The minimum atomic E-state index is -0.549. The molecule has 3 heterocycles. The normalized spacial score (nSPS) is 28.2. The first-order chi connectivity index (χ1) is 12.2. The Morgan fingerprint density at radius 3 is 2.77 bits per heavy atom. The maximum Gasteiger partial charge on any atom is 0.411 e. The molecule has 1 amide bonds. The summed E-state index contributed by atoms with van der Waals surface area (Å²) in [4.78, 5) is 21.1. The van der Waals surface area contributed by atoms with Crippen LogP contribution in [0.25, 0.3) is 0 Å². The van der Waals surface area contributed by atoms with Crippen LogP contribution in [-0.4, -0.2) is 71.0 Å². The van der Waals surface area contributed by atoms with Gasteiger partial charge in [-0.1, -0.05) is 5.16 Å². The molecular weight excluding hydrogens is 336 g/mol. The van der Waals surface area contributed by atoms with Crippen LogP contribution in [0.1, 0.15) is 64.2 Å². The highest BCUT2D eigenvalue weighted by Gasteiger charge is 2.36. The molecule has 2 fully saturated rings. The quantitative estimate of drug-likeness (QED) is 0.796. The molecule has 2 aliphatic heterocycles. The zero-order valence-corrected chi connectivity index (χ0v) is 16.4. The average molecular weight is 366 g/mol. The number of ether oxygens (including phenoxy) is 2. The molecule has 0 radical (unpaired) electrons. The van der Waals surface area contributed by atoms with Gasteiger partial charge in [0.2, 0.25) is 5.89 Å². The van der Waals surface area contributed by atoms with Gasteiger partial charge in [-0.15, -0.1) is 0 Å². The first kappa shape index (κ1) is 19.1. The highest BCUT2D eigenvalue weighted by atomic mass is 16.6. The van der Waals surface area contributed by atoms with E-state index < -0.39 is 5.60 Å². The highest BCUT2D eigenvalue weighted by Crippen LogP contribution is 2.31. The van der Waals surface area contributed by atoms with E-state index in [-0.39, 0.29) is 18.1 Å². The van der Waals surface area contributed by atoms with Gasteiger partial charge in [0.15, 0.2) is 5.82 Å². The van der Waals surface area contributed by atoms with E-state index in [9.17, 15) is 4.79 Å². The van der Waals surface area contributed by atoms with Crippen LogP contribution in [0.5, 0.6) is 0 Å². The molecule has 0 aliphatic carbocycles. The van der Waals surface area contributed by atoms with Crippen molar-refractivity contribution in [1.29, 1.82) is 0 Å². The van der Waals surface area contributed by atoms with E-state index in [1.807, 2.05) is 20.8 Å². The second kappa shape index (κ2) is 7.52. The molecule has 2 saturated heterocycles. The van der Waals surface area contributed by atoms with Gasteiger partial charge in [-0.2, -0.15) is 4.98 Å². The molecule has 0 aromatic carbocycles. The summed E-state index contributed by atoms with van der Waals surface area (Å²) >= 11 is 0. The number of hydrogen-bond acceptors (Lipinski definition) is 7. The van der Waals surface area contributed by atoms with Crippen molar-refractivity contribution < 1.29 is 18.8 Å². The number of morpholine rings is 1. The van der Waals surface area contributed by atoms with Gasteiger partial charge in [0.25, 0.3) is 0 Å². The van der Waals surface area contributed by atoms with E-state index in [4.69, 9.17) is 14.0 Å². The Kier molecular flexibility index (Phi) is 5.53. The summed E-state index contributed by atoms with van der Waals surface area (Å²) < 4.78 is 16.6. The topological polar surface area (TPSA) is 80.9 Å². The summed E-state index contributed by atoms with van der Waals surface area (Å²) in [6.07, 6.45) is 1.62. The highest BCUT2D eigenvalue weighted by molar-refractivity contribution is 5.68. The van der Waals surface area contributed by atoms with Gasteiger partial charge in [0, 0.05) is 18.5 Å². The second-order valence-corrected chi connectivity index (χ2v) is 8.31. The third kappa shape index (κ3) is 4.35. The molecule has 0 spiro atoms. The fourth-order valence-corrected chi connectivity index (χ4v) is 3.42. The van der Waals surface area contributed by atoms with Gasteiger partial charge in [-0.05, 0) is 54.1 Å². The molecule has 0 saturated carbocycles. The average Bonchev–Trinajstić information content (AvgIpc) is 3.06. The molecule has 26 heavy (non-hydrogen) atoms. The fourth-order valence-electron chi connectivity index (χ4n) is 3.42. The van der Waals surface area contributed by atoms with Crippen molar-refractivity contribution in [2.24, 2.45) is 0 Å². The van der Waals surface area contributed by atoms with Crippen molar-refractivity contribution in [2.75, 3.05) is 33.4 Å². The van der Waals surface area contributed by atoms with Crippen LogP contribution in [-0.2, 0) is 9.47 Å². The zero-order valence-electron chi connectivity index (χ0n) is 16.4. The van der Waals surface area contributed by atoms with Crippen LogP contribution < -0.4 is 0 Å². The Balaban J connectivity index is 1.73. The summed E-state index contributed by atoms with van der Waals surface area (Å²) in [6, 6.07) is 0.111. The van der Waals surface area contributed by atoms with Crippen LogP contribution in [0.15, 0.2) is 4.52 Å². The van der Waals surface area contributed by atoms with Crippen molar-refractivity contribution >= 4 is 6.09 Å². The molecule has 2 aliphatic rings. The van der Waals surface area contributed by atoms with Gasteiger partial charge < -0.3 is 18.9 Å². The van der Waals surface area contributed by atoms with Crippen LogP contribution in [0.2, 0.25) is 0 Å². The van der Waals surface area contributed by atoms with Crippen molar-refractivity contribution in [1.82, 2.24) is 19.9 Å². The Labute approximate surface area is 154 Å². The van der Waals surface area contributed by atoms with Gasteiger partial charge in [-0.25, -0.2) is 4.79 Å². The summed E-state index contributed by atoms with van der Waals surface area (Å²) in [6.45, 7) is 10.1. The maximum absolute atomic E-state index is 12.5. The molecule has 3 rings (SSSR count). The third-order valence-electron chi connectivity index (χ3n) is 5.07. The van der Waals surface area contributed by atoms with E-state index in [1.54, 1.807) is 4.90 Å². The lowest BCUT2D eigenvalue weighted by molar-refractivity contribution is -0.0354. The summed E-state index contributed by atoms with van der Waals surface area (Å²) in [5.41, 5.74) is -0.549. The predicted octanol–water partition coefficient (Wildman–Crippen LogP) is 2.58. The number of likely N-dealkylation sites (tertiary alicyclic amines) is 1. The van der Waals surface area contributed by atoms with E-state index in [0.717, 1.165) is 19.4 Å². The monoisotopic (exact) mass is 366 g/mol. The molecule has 1 aromatic rings. The van der Waals surface area contributed by atoms with Crippen molar-refractivity contribution in [3.8, 4) is 0 Å². The SMILES string of the molecule is C[C@H]1C[C@@H](c2nc(C3COCCN3C(=O)OC(C)(C)C)no2)CCN1C. The number of carbonyl (C=O) groups excluding carboxylic acids is 1. The first-order valence-corrected chi connectivity index (χ1v) is 9.35. The number of carbonyl (C=O) groups is 1. The van der Waals surface area contributed by atoms with Crippen LogP contribution in [0, 0.1) is 0 Å². The molecule has 146 valence electrons. The lowest BCUT2D eigenvalue weighted by Gasteiger charge is -2.35. The first-order valence-electron chi connectivity index (χ1n) is 9.35. The number of hydrogen-bond donors (Lipinski definition) is 0. The minimum absolute atomic E-state index is 0.266. The van der Waals surface area contributed by atoms with Crippen LogP contribution in [0.4, 0.5) is 4.79 Å². The molecular formula is C18H30N4O4. The van der Waals surface area contributed by atoms with Crippen molar-refractivity contribution in [2.45, 2.75) is 64.1 Å².